The van der Waals surface area contributed by atoms with Gasteiger partial charge >= 0.3 is 0 Å². The molecule has 1 heterocycles. The molecule has 11 nitrogen and oxygen atoms in total. The Morgan fingerprint density at radius 1 is 1.12 bits per heavy atom. The fraction of sp³-hybridized carbons (Fsp3) is 0.561. The Morgan fingerprint density at radius 2 is 1.98 bits per heavy atom. The lowest BCUT2D eigenvalue weighted by molar-refractivity contribution is -0.125. The van der Waals surface area contributed by atoms with Gasteiger partial charge in [0.25, 0.3) is 0 Å². The second-order valence-electron chi connectivity index (χ2n) is 14.5. The zero-order valence-electron chi connectivity index (χ0n) is 30.9. The molecule has 2 aromatic rings. The number of carbonyl (C=O) groups excluding carboxylic acids is 1. The van der Waals surface area contributed by atoms with Crippen molar-refractivity contribution in [3.63, 3.8) is 0 Å². The number of nitrogens with one attached hydrogen (secondary N) is 3. The van der Waals surface area contributed by atoms with Crippen LogP contribution >= 0.6 is 0 Å². The smallest absolute Gasteiger partial charge is 0.207 e. The first-order valence-electron chi connectivity index (χ1n) is 18.7. The molecule has 0 radical (unpaired) electrons. The first kappa shape index (κ1) is 39.0. The average Bonchev–Trinajstić information content (AvgIpc) is 3.74. The van der Waals surface area contributed by atoms with Crippen LogP contribution < -0.4 is 25.4 Å². The van der Waals surface area contributed by atoms with Gasteiger partial charge in [0.15, 0.2) is 28.8 Å². The molecule has 0 amide bonds. The van der Waals surface area contributed by atoms with Crippen molar-refractivity contribution in [3.05, 3.63) is 53.6 Å². The van der Waals surface area contributed by atoms with Gasteiger partial charge in [-0.1, -0.05) is 24.5 Å². The summed E-state index contributed by atoms with van der Waals surface area (Å²) in [6.07, 6.45) is 12.8. The Kier molecular flexibility index (Phi) is 13.9. The number of methoxy groups -OCH3 is 1. The number of ketones is 1. The number of aryl methyl sites for hydroxylation is 1. The zero-order valence-corrected chi connectivity index (χ0v) is 30.9. The van der Waals surface area contributed by atoms with Crippen LogP contribution in [0.15, 0.2) is 47.5 Å². The number of ether oxygens (including phenoxy) is 3. The number of aliphatic imine (C=N–C) groups is 1. The van der Waals surface area contributed by atoms with Crippen LogP contribution in [0.1, 0.15) is 75.3 Å². The summed E-state index contributed by atoms with van der Waals surface area (Å²) in [7, 11) is 5.09. The Hall–Kier alpha value is -4.24. The van der Waals surface area contributed by atoms with E-state index in [0.29, 0.717) is 80.9 Å². The number of anilines is 1. The van der Waals surface area contributed by atoms with Gasteiger partial charge in [-0.25, -0.2) is 0 Å². The van der Waals surface area contributed by atoms with Crippen molar-refractivity contribution >= 4 is 17.4 Å². The number of nitrogens with zero attached hydrogens (tertiary/aromatic N) is 1. The molecule has 2 fully saturated rings. The number of guanidine groups is 1. The molecule has 2 saturated carbocycles. The van der Waals surface area contributed by atoms with E-state index in [2.05, 4.69) is 32.9 Å². The van der Waals surface area contributed by atoms with Crippen molar-refractivity contribution in [2.24, 2.45) is 22.2 Å². The Balaban J connectivity index is 1.40. The molecule has 52 heavy (non-hydrogen) atoms. The number of benzene rings is 2. The van der Waals surface area contributed by atoms with Gasteiger partial charge in [-0.3, -0.25) is 15.1 Å². The molecule has 11 heteroatoms. The van der Waals surface area contributed by atoms with Crippen LogP contribution in [-0.4, -0.2) is 80.2 Å². The van der Waals surface area contributed by atoms with Crippen molar-refractivity contribution in [2.45, 2.75) is 82.7 Å². The second-order valence-corrected chi connectivity index (χ2v) is 14.5. The molecule has 282 valence electrons. The van der Waals surface area contributed by atoms with E-state index in [9.17, 15) is 15.0 Å². The maximum atomic E-state index is 14.2. The first-order chi connectivity index (χ1) is 25.2. The molecule has 6 N–H and O–H groups in total. The van der Waals surface area contributed by atoms with Crippen LogP contribution in [0.25, 0.3) is 0 Å². The highest BCUT2D eigenvalue weighted by atomic mass is 16.5. The topological polar surface area (TPSA) is 154 Å². The fourth-order valence-electron chi connectivity index (χ4n) is 8.23. The minimum Gasteiger partial charge on any atom is -0.504 e. The lowest BCUT2D eigenvalue weighted by Crippen LogP contribution is -2.42. The lowest BCUT2D eigenvalue weighted by Gasteiger charge is -2.33. The van der Waals surface area contributed by atoms with E-state index in [1.54, 1.807) is 19.2 Å². The minimum atomic E-state index is -0.622. The number of rotatable bonds is 13. The van der Waals surface area contributed by atoms with Crippen molar-refractivity contribution < 1.29 is 34.3 Å². The molecule has 0 saturated heterocycles. The van der Waals surface area contributed by atoms with Gasteiger partial charge in [0, 0.05) is 51.3 Å². The summed E-state index contributed by atoms with van der Waals surface area (Å²) < 4.78 is 17.9. The molecular formula is C41H56N4O7. The summed E-state index contributed by atoms with van der Waals surface area (Å²) in [5.74, 6) is 5.08. The third-order valence-electron chi connectivity index (χ3n) is 10.9. The molecule has 5 rings (SSSR count). The summed E-state index contributed by atoms with van der Waals surface area (Å²) >= 11 is 0. The quantitative estimate of drug-likeness (QED) is 0.0894. The predicted molar refractivity (Wildman–Crippen MR) is 203 cm³/mol. The Morgan fingerprint density at radius 3 is 2.77 bits per heavy atom. The van der Waals surface area contributed by atoms with Crippen LogP contribution in [0.4, 0.5) is 5.69 Å². The summed E-state index contributed by atoms with van der Waals surface area (Å²) in [4.78, 5) is 18.6. The third-order valence-corrected chi connectivity index (χ3v) is 10.9. The maximum absolute atomic E-state index is 14.2. The summed E-state index contributed by atoms with van der Waals surface area (Å²) in [6.45, 7) is 1.96. The molecule has 0 spiro atoms. The number of hydrogen-bond donors (Lipinski definition) is 6. The molecule has 2 aromatic carbocycles. The second kappa shape index (κ2) is 18.5. The van der Waals surface area contributed by atoms with E-state index in [0.717, 1.165) is 56.1 Å². The van der Waals surface area contributed by atoms with E-state index in [4.69, 9.17) is 19.3 Å². The SMILES string of the molecule is CN=C1NC#CCC2CCCC2(Cc2ccc(O)c(OC)c2)C(=O)C=CCCc2cc(c(O)c(OC3(CNC)CCC(CCOCCCO)C3)c2)N1. The first-order valence-corrected chi connectivity index (χ1v) is 18.7. The number of phenolic OH excluding ortho intramolecular Hbond substituents is 2. The van der Waals surface area contributed by atoms with Crippen LogP contribution in [0, 0.1) is 29.2 Å². The Labute approximate surface area is 308 Å². The van der Waals surface area contributed by atoms with Crippen LogP contribution in [0.3, 0.4) is 0 Å². The van der Waals surface area contributed by atoms with Crippen LogP contribution in [0.2, 0.25) is 0 Å². The molecule has 3 aliphatic rings. The zero-order chi connectivity index (χ0) is 37.0. The highest BCUT2D eigenvalue weighted by molar-refractivity contribution is 5.97. The highest BCUT2D eigenvalue weighted by Gasteiger charge is 2.47. The normalized spacial score (nSPS) is 25.5. The van der Waals surface area contributed by atoms with Gasteiger partial charge in [0.2, 0.25) is 5.96 Å². The van der Waals surface area contributed by atoms with Crippen LogP contribution in [0.5, 0.6) is 23.0 Å². The number of hydrogen-bond acceptors (Lipinski definition) is 9. The van der Waals surface area contributed by atoms with Crippen molar-refractivity contribution in [3.8, 4) is 35.0 Å². The molecule has 4 unspecified atom stereocenters. The molecule has 0 aromatic heterocycles. The summed E-state index contributed by atoms with van der Waals surface area (Å²) in [6, 6.07) is 12.2. The van der Waals surface area contributed by atoms with Gasteiger partial charge < -0.3 is 40.2 Å². The van der Waals surface area contributed by atoms with Crippen LogP contribution in [-0.2, 0) is 22.4 Å². The minimum absolute atomic E-state index is 0.000592. The van der Waals surface area contributed by atoms with Crippen molar-refractivity contribution in [2.75, 3.05) is 52.9 Å². The van der Waals surface area contributed by atoms with E-state index >= 15 is 0 Å². The van der Waals surface area contributed by atoms with Gasteiger partial charge in [0.05, 0.1) is 12.8 Å². The molecule has 1 aliphatic heterocycles. The molecule has 2 bridgehead atoms. The Bertz CT molecular complexity index is 1650. The molecule has 2 aliphatic carbocycles. The van der Waals surface area contributed by atoms with E-state index < -0.39 is 11.0 Å². The van der Waals surface area contributed by atoms with Gasteiger partial charge in [0.1, 0.15) is 5.60 Å². The van der Waals surface area contributed by atoms with E-state index in [1.807, 2.05) is 37.4 Å². The number of phenols is 2. The lowest BCUT2D eigenvalue weighted by atomic mass is 9.69. The van der Waals surface area contributed by atoms with Gasteiger partial charge in [-0.05, 0) is 125 Å². The number of allylic oxidation sites excluding steroid dienone is 2. The summed E-state index contributed by atoms with van der Waals surface area (Å²) in [5, 5.41) is 40.4. The molecule has 4 atom stereocenters. The van der Waals surface area contributed by atoms with Gasteiger partial charge in [-0.2, -0.15) is 0 Å². The highest BCUT2D eigenvalue weighted by Crippen LogP contribution is 2.49. The number of carbonyl (C=O) groups is 1. The van der Waals surface area contributed by atoms with E-state index in [-0.39, 0.29) is 29.8 Å². The predicted octanol–water partition coefficient (Wildman–Crippen LogP) is 5.47. The number of fused-ring (bicyclic) bond motifs is 3. The number of likely N-dealkylation sites (N-methyl/N-ethyl adjacent to an activating group) is 1. The van der Waals surface area contributed by atoms with Gasteiger partial charge in [-0.15, -0.1) is 0 Å². The summed E-state index contributed by atoms with van der Waals surface area (Å²) in [5.41, 5.74) is 1.22. The monoisotopic (exact) mass is 716 g/mol. The number of aromatic hydroxyl groups is 2. The fourth-order valence-corrected chi connectivity index (χ4v) is 8.23. The molecular weight excluding hydrogens is 660 g/mol. The maximum Gasteiger partial charge on any atom is 0.207 e. The third kappa shape index (κ3) is 9.59. The van der Waals surface area contributed by atoms with Crippen molar-refractivity contribution in [1.82, 2.24) is 10.6 Å². The number of aliphatic hydroxyl groups excluding tert-OH is 1. The largest absolute Gasteiger partial charge is 0.504 e. The van der Waals surface area contributed by atoms with E-state index in [1.165, 1.54) is 7.11 Å². The number of aliphatic hydroxyl groups is 1. The average molecular weight is 717 g/mol. The van der Waals surface area contributed by atoms with Crippen molar-refractivity contribution in [1.29, 1.82) is 0 Å². The standard InChI is InChI=1S/C41H56N4O7/c1-42-28-40(18-15-29(26-40)16-22-51-21-8-20-46)52-36-24-30-9-4-5-12-37(48)41(27-31-13-14-34(47)35(25-31)50-3)17-6-10-32(41)11-7-19-44-39(43-2)45-33(23-30)38(36)49/h5,12-14,23-25,29,32,42,46-47,49H,4,6,8-11,15-18,20-22,26-28H2,1-3H3,(H2,43,44,45).